The predicted molar refractivity (Wildman–Crippen MR) is 87.0 cm³/mol. The summed E-state index contributed by atoms with van der Waals surface area (Å²) in [6.07, 6.45) is 3.46. The fourth-order valence-corrected chi connectivity index (χ4v) is 3.28. The molecule has 2 aromatic heterocycles. The zero-order valence-electron chi connectivity index (χ0n) is 12.6. The Kier molecular flexibility index (Phi) is 4.34. The molecule has 1 N–H and O–H groups in total. The van der Waals surface area contributed by atoms with E-state index in [0.717, 1.165) is 47.7 Å². The number of aryl methyl sites for hydroxylation is 2. The molecule has 0 unspecified atom stereocenters. The maximum atomic E-state index is 4.69. The van der Waals surface area contributed by atoms with Gasteiger partial charge in [0.25, 0.3) is 0 Å². The van der Waals surface area contributed by atoms with Gasteiger partial charge >= 0.3 is 0 Å². The second-order valence-electron chi connectivity index (χ2n) is 5.35. The smallest absolute Gasteiger partial charge is 0.225 e. The number of hydrogen-bond acceptors (Lipinski definition) is 6. The molecular weight excluding hydrogens is 282 g/mol. The molecule has 1 saturated heterocycles. The van der Waals surface area contributed by atoms with Crippen molar-refractivity contribution in [3.8, 4) is 0 Å². The van der Waals surface area contributed by atoms with Crippen molar-refractivity contribution < 1.29 is 0 Å². The molecule has 2 aromatic rings. The third-order valence-electron chi connectivity index (χ3n) is 3.62. The largest absolute Gasteiger partial charge is 0.356 e. The van der Waals surface area contributed by atoms with Gasteiger partial charge < -0.3 is 10.2 Å². The summed E-state index contributed by atoms with van der Waals surface area (Å²) in [6, 6.07) is 2.04. The van der Waals surface area contributed by atoms with Crippen LogP contribution in [0.4, 0.5) is 11.1 Å². The summed E-state index contributed by atoms with van der Waals surface area (Å²) < 4.78 is 0. The molecule has 0 radical (unpaired) electrons. The summed E-state index contributed by atoms with van der Waals surface area (Å²) in [5, 5.41) is 6.42. The van der Waals surface area contributed by atoms with Crippen LogP contribution in [0.5, 0.6) is 0 Å². The molecule has 0 aliphatic carbocycles. The lowest BCUT2D eigenvalue weighted by atomic mass is 10.3. The molecule has 3 rings (SSSR count). The van der Waals surface area contributed by atoms with Crippen molar-refractivity contribution in [2.75, 3.05) is 23.3 Å². The van der Waals surface area contributed by atoms with E-state index in [-0.39, 0.29) is 0 Å². The molecule has 112 valence electrons. The summed E-state index contributed by atoms with van der Waals surface area (Å²) in [4.78, 5) is 16.0. The maximum absolute atomic E-state index is 4.69. The van der Waals surface area contributed by atoms with Gasteiger partial charge in [-0.2, -0.15) is 0 Å². The van der Waals surface area contributed by atoms with Crippen molar-refractivity contribution in [3.05, 3.63) is 28.5 Å². The van der Waals surface area contributed by atoms with Crippen LogP contribution >= 0.6 is 11.3 Å². The summed E-state index contributed by atoms with van der Waals surface area (Å²) in [5.74, 6) is 0.873. The van der Waals surface area contributed by atoms with Crippen molar-refractivity contribution in [3.63, 3.8) is 0 Å². The van der Waals surface area contributed by atoms with Crippen LogP contribution in [0, 0.1) is 6.92 Å². The maximum Gasteiger partial charge on any atom is 0.225 e. The lowest BCUT2D eigenvalue weighted by Gasteiger charge is -2.16. The van der Waals surface area contributed by atoms with E-state index in [1.807, 2.05) is 13.0 Å². The average Bonchev–Trinajstić information content (AvgIpc) is 3.16. The van der Waals surface area contributed by atoms with Gasteiger partial charge in [-0.15, -0.1) is 11.3 Å². The lowest BCUT2D eigenvalue weighted by molar-refractivity contribution is 0.865. The summed E-state index contributed by atoms with van der Waals surface area (Å²) in [7, 11) is 0. The number of rotatable bonds is 5. The first-order valence-corrected chi connectivity index (χ1v) is 8.40. The fourth-order valence-electron chi connectivity index (χ4n) is 2.48. The van der Waals surface area contributed by atoms with Gasteiger partial charge in [-0.05, 0) is 32.3 Å². The van der Waals surface area contributed by atoms with Gasteiger partial charge in [0.15, 0.2) is 5.13 Å². The first-order valence-electron chi connectivity index (χ1n) is 7.52. The first-order chi connectivity index (χ1) is 10.2. The summed E-state index contributed by atoms with van der Waals surface area (Å²) in [5.41, 5.74) is 3.19. The van der Waals surface area contributed by atoms with Gasteiger partial charge in [-0.25, -0.2) is 15.0 Å². The third-order valence-corrected chi connectivity index (χ3v) is 4.47. The standard InChI is InChI=1S/C15H21N5S/c1-3-12-10-21-15(19-12)16-9-13-8-11(2)17-14(18-13)20-6-4-5-7-20/h8,10H,3-7,9H2,1-2H3,(H,16,19). The number of thiazole rings is 1. The predicted octanol–water partition coefficient (Wildman–Crippen LogP) is 3.02. The normalized spacial score (nSPS) is 14.7. The van der Waals surface area contributed by atoms with E-state index in [0.29, 0.717) is 6.54 Å². The van der Waals surface area contributed by atoms with Crippen molar-refractivity contribution in [2.24, 2.45) is 0 Å². The minimum absolute atomic E-state index is 0.695. The molecule has 0 saturated carbocycles. The molecule has 1 fully saturated rings. The van der Waals surface area contributed by atoms with Crippen molar-refractivity contribution in [1.29, 1.82) is 0 Å². The second-order valence-corrected chi connectivity index (χ2v) is 6.20. The van der Waals surface area contributed by atoms with Crippen LogP contribution in [0.15, 0.2) is 11.4 Å². The van der Waals surface area contributed by atoms with E-state index in [2.05, 4.69) is 37.5 Å². The molecule has 3 heterocycles. The minimum atomic E-state index is 0.695. The molecule has 0 amide bonds. The van der Waals surface area contributed by atoms with Crippen LogP contribution in [-0.4, -0.2) is 28.0 Å². The number of anilines is 2. The number of hydrogen-bond donors (Lipinski definition) is 1. The van der Waals surface area contributed by atoms with Crippen LogP contribution in [-0.2, 0) is 13.0 Å². The van der Waals surface area contributed by atoms with E-state index in [9.17, 15) is 0 Å². The molecule has 5 nitrogen and oxygen atoms in total. The van der Waals surface area contributed by atoms with Crippen LogP contribution < -0.4 is 10.2 Å². The van der Waals surface area contributed by atoms with Crippen LogP contribution in [0.2, 0.25) is 0 Å². The molecule has 1 aliphatic heterocycles. The zero-order valence-corrected chi connectivity index (χ0v) is 13.4. The molecular formula is C15H21N5S. The highest BCUT2D eigenvalue weighted by molar-refractivity contribution is 7.13. The molecule has 0 spiro atoms. The van der Waals surface area contributed by atoms with Crippen LogP contribution in [0.3, 0.4) is 0 Å². The quantitative estimate of drug-likeness (QED) is 0.920. The van der Waals surface area contributed by atoms with Crippen LogP contribution in [0.25, 0.3) is 0 Å². The Morgan fingerprint density at radius 2 is 2.00 bits per heavy atom. The molecule has 0 bridgehead atoms. The topological polar surface area (TPSA) is 53.9 Å². The van der Waals surface area contributed by atoms with Crippen molar-refractivity contribution in [2.45, 2.75) is 39.7 Å². The number of nitrogens with zero attached hydrogens (tertiary/aromatic N) is 4. The Hall–Kier alpha value is -1.69. The van der Waals surface area contributed by atoms with Crippen LogP contribution in [0.1, 0.15) is 36.8 Å². The van der Waals surface area contributed by atoms with Crippen molar-refractivity contribution >= 4 is 22.4 Å². The van der Waals surface area contributed by atoms with E-state index < -0.39 is 0 Å². The van der Waals surface area contributed by atoms with E-state index >= 15 is 0 Å². The Labute approximate surface area is 129 Å². The minimum Gasteiger partial charge on any atom is -0.356 e. The highest BCUT2D eigenvalue weighted by Crippen LogP contribution is 2.19. The van der Waals surface area contributed by atoms with Gasteiger partial charge in [0.1, 0.15) is 0 Å². The highest BCUT2D eigenvalue weighted by Gasteiger charge is 2.15. The Morgan fingerprint density at radius 1 is 1.19 bits per heavy atom. The monoisotopic (exact) mass is 303 g/mol. The lowest BCUT2D eigenvalue weighted by Crippen LogP contribution is -2.21. The van der Waals surface area contributed by atoms with Gasteiger partial charge in [-0.1, -0.05) is 6.92 Å². The summed E-state index contributed by atoms with van der Waals surface area (Å²) in [6.45, 7) is 6.99. The van der Waals surface area contributed by atoms with Gasteiger partial charge in [-0.3, -0.25) is 0 Å². The third kappa shape index (κ3) is 3.50. The first kappa shape index (κ1) is 14.3. The second kappa shape index (κ2) is 6.39. The van der Waals surface area contributed by atoms with E-state index in [1.165, 1.54) is 12.8 Å². The van der Waals surface area contributed by atoms with E-state index in [1.54, 1.807) is 11.3 Å². The Morgan fingerprint density at radius 3 is 2.71 bits per heavy atom. The van der Waals surface area contributed by atoms with Gasteiger partial charge in [0.2, 0.25) is 5.95 Å². The SMILES string of the molecule is CCc1csc(NCc2cc(C)nc(N3CCCC3)n2)n1. The molecule has 6 heteroatoms. The van der Waals surface area contributed by atoms with Gasteiger partial charge in [0, 0.05) is 24.2 Å². The molecule has 1 aliphatic rings. The van der Waals surface area contributed by atoms with Crippen molar-refractivity contribution in [1.82, 2.24) is 15.0 Å². The molecule has 21 heavy (non-hydrogen) atoms. The zero-order chi connectivity index (χ0) is 14.7. The van der Waals surface area contributed by atoms with Gasteiger partial charge in [0.05, 0.1) is 17.9 Å². The highest BCUT2D eigenvalue weighted by atomic mass is 32.1. The Balaban J connectivity index is 1.69. The van der Waals surface area contributed by atoms with E-state index in [4.69, 9.17) is 0 Å². The molecule has 0 atom stereocenters. The average molecular weight is 303 g/mol. The molecule has 0 aromatic carbocycles. The summed E-state index contributed by atoms with van der Waals surface area (Å²) >= 11 is 1.65. The fraction of sp³-hybridized carbons (Fsp3) is 0.533. The number of aromatic nitrogens is 3. The number of nitrogens with one attached hydrogen (secondary N) is 1. The Bertz CT molecular complexity index is 604.